The highest BCUT2D eigenvalue weighted by molar-refractivity contribution is 7.89. The molecule has 0 aliphatic rings. The number of aryl methyl sites for hydroxylation is 2. The average molecular weight is 289 g/mol. The van der Waals surface area contributed by atoms with Crippen LogP contribution in [0.25, 0.3) is 0 Å². The van der Waals surface area contributed by atoms with Crippen molar-refractivity contribution in [2.45, 2.75) is 40.2 Å². The molecule has 1 rings (SSSR count). The Morgan fingerprint density at radius 2 is 2.00 bits per heavy atom. The van der Waals surface area contributed by atoms with Gasteiger partial charge in [-0.1, -0.05) is 12.1 Å². The zero-order valence-electron chi connectivity index (χ0n) is 11.8. The Morgan fingerprint density at radius 1 is 1.26 bits per heavy atom. The maximum Gasteiger partial charge on any atom is 0.211 e. The van der Waals surface area contributed by atoms with E-state index in [-0.39, 0.29) is 12.3 Å². The summed E-state index contributed by atoms with van der Waals surface area (Å²) in [5.74, 6) is 0.814. The van der Waals surface area contributed by atoms with Crippen LogP contribution in [0.3, 0.4) is 0 Å². The summed E-state index contributed by atoms with van der Waals surface area (Å²) >= 11 is 0. The van der Waals surface area contributed by atoms with Crippen LogP contribution in [0.4, 0.5) is 0 Å². The Hall–Kier alpha value is -0.920. The standard InChI is InChI=1S/C12H23N3O3S/c1-4-13-7-5-6-8-19(16,17)14-9-12-10(2)15-18-11(12)3/h13-14H,4-9H2,1-3H3. The SMILES string of the molecule is CCNCCCCS(=O)(=O)NCc1c(C)noc1C. The second kappa shape index (κ2) is 7.62. The van der Waals surface area contributed by atoms with Crippen molar-refractivity contribution in [2.24, 2.45) is 0 Å². The summed E-state index contributed by atoms with van der Waals surface area (Å²) < 4.78 is 31.2. The van der Waals surface area contributed by atoms with E-state index in [0.717, 1.165) is 30.8 Å². The number of nitrogens with one attached hydrogen (secondary N) is 2. The monoisotopic (exact) mass is 289 g/mol. The predicted octanol–water partition coefficient (Wildman–Crippen LogP) is 1.10. The maximum atomic E-state index is 11.8. The molecule has 1 aromatic rings. The first-order valence-corrected chi connectivity index (χ1v) is 8.21. The lowest BCUT2D eigenvalue weighted by Gasteiger charge is -2.06. The minimum Gasteiger partial charge on any atom is -0.361 e. The van der Waals surface area contributed by atoms with Gasteiger partial charge in [-0.05, 0) is 39.8 Å². The van der Waals surface area contributed by atoms with Crippen LogP contribution >= 0.6 is 0 Å². The quantitative estimate of drug-likeness (QED) is 0.665. The van der Waals surface area contributed by atoms with Crippen molar-refractivity contribution in [2.75, 3.05) is 18.8 Å². The molecule has 2 N–H and O–H groups in total. The second-order valence-electron chi connectivity index (χ2n) is 4.50. The fourth-order valence-corrected chi connectivity index (χ4v) is 2.82. The highest BCUT2D eigenvalue weighted by atomic mass is 32.2. The maximum absolute atomic E-state index is 11.8. The molecule has 0 spiro atoms. The lowest BCUT2D eigenvalue weighted by molar-refractivity contribution is 0.392. The summed E-state index contributed by atoms with van der Waals surface area (Å²) in [6, 6.07) is 0. The molecule has 0 saturated heterocycles. The fraction of sp³-hybridized carbons (Fsp3) is 0.750. The molecule has 7 heteroatoms. The topological polar surface area (TPSA) is 84.2 Å². The molecule has 1 heterocycles. The van der Waals surface area contributed by atoms with Crippen LogP contribution in [-0.2, 0) is 16.6 Å². The summed E-state index contributed by atoms with van der Waals surface area (Å²) in [5.41, 5.74) is 1.54. The van der Waals surface area contributed by atoms with Crippen molar-refractivity contribution < 1.29 is 12.9 Å². The molecule has 0 saturated carbocycles. The molecule has 1 aromatic heterocycles. The van der Waals surface area contributed by atoms with Gasteiger partial charge in [0.2, 0.25) is 10.0 Å². The molecule has 0 amide bonds. The summed E-state index contributed by atoms with van der Waals surface area (Å²) in [5, 5.41) is 6.96. The molecule has 0 unspecified atom stereocenters. The molecule has 110 valence electrons. The Labute approximate surface area is 115 Å². The van der Waals surface area contributed by atoms with E-state index in [0.29, 0.717) is 12.2 Å². The Morgan fingerprint density at radius 3 is 2.58 bits per heavy atom. The molecule has 19 heavy (non-hydrogen) atoms. The van der Waals surface area contributed by atoms with Gasteiger partial charge in [-0.2, -0.15) is 0 Å². The van der Waals surface area contributed by atoms with Crippen LogP contribution in [0, 0.1) is 13.8 Å². The normalized spacial score (nSPS) is 11.9. The van der Waals surface area contributed by atoms with Crippen molar-refractivity contribution in [3.8, 4) is 0 Å². The number of sulfonamides is 1. The third-order valence-corrected chi connectivity index (χ3v) is 4.33. The van der Waals surface area contributed by atoms with Gasteiger partial charge in [0.15, 0.2) is 0 Å². The van der Waals surface area contributed by atoms with E-state index < -0.39 is 10.0 Å². The molecule has 0 aliphatic carbocycles. The number of rotatable bonds is 9. The molecule has 0 fully saturated rings. The number of hydrogen-bond acceptors (Lipinski definition) is 5. The first-order valence-electron chi connectivity index (χ1n) is 6.56. The van der Waals surface area contributed by atoms with Gasteiger partial charge < -0.3 is 9.84 Å². The zero-order chi connectivity index (χ0) is 14.3. The second-order valence-corrected chi connectivity index (χ2v) is 6.43. The minimum atomic E-state index is -3.23. The molecular weight excluding hydrogens is 266 g/mol. The van der Waals surface area contributed by atoms with Gasteiger partial charge in [-0.15, -0.1) is 0 Å². The van der Waals surface area contributed by atoms with E-state index >= 15 is 0 Å². The van der Waals surface area contributed by atoms with E-state index in [1.165, 1.54) is 0 Å². The summed E-state index contributed by atoms with van der Waals surface area (Å²) in [6.07, 6.45) is 1.52. The largest absolute Gasteiger partial charge is 0.361 e. The first kappa shape index (κ1) is 16.1. The minimum absolute atomic E-state index is 0.155. The Kier molecular flexibility index (Phi) is 6.47. The lowest BCUT2D eigenvalue weighted by atomic mass is 10.2. The molecular formula is C12H23N3O3S. The van der Waals surface area contributed by atoms with Crippen molar-refractivity contribution in [1.82, 2.24) is 15.2 Å². The Balaban J connectivity index is 2.35. The van der Waals surface area contributed by atoms with Crippen LogP contribution in [0.1, 0.15) is 36.8 Å². The first-order chi connectivity index (χ1) is 8.96. The van der Waals surface area contributed by atoms with Crippen molar-refractivity contribution in [3.63, 3.8) is 0 Å². The van der Waals surface area contributed by atoms with E-state index in [2.05, 4.69) is 15.2 Å². The number of aromatic nitrogens is 1. The van der Waals surface area contributed by atoms with Crippen molar-refractivity contribution >= 4 is 10.0 Å². The third-order valence-electron chi connectivity index (χ3n) is 2.92. The zero-order valence-corrected chi connectivity index (χ0v) is 12.6. The molecule has 0 bridgehead atoms. The van der Waals surface area contributed by atoms with Gasteiger partial charge in [0.1, 0.15) is 5.76 Å². The van der Waals surface area contributed by atoms with Gasteiger partial charge in [-0.25, -0.2) is 13.1 Å². The average Bonchev–Trinajstić information content (AvgIpc) is 2.66. The van der Waals surface area contributed by atoms with Crippen molar-refractivity contribution in [3.05, 3.63) is 17.0 Å². The van der Waals surface area contributed by atoms with Gasteiger partial charge in [0, 0.05) is 12.1 Å². The summed E-state index contributed by atoms with van der Waals surface area (Å²) in [4.78, 5) is 0. The fourth-order valence-electron chi connectivity index (χ4n) is 1.73. The highest BCUT2D eigenvalue weighted by Gasteiger charge is 2.14. The van der Waals surface area contributed by atoms with Crippen LogP contribution in [0.2, 0.25) is 0 Å². The predicted molar refractivity (Wildman–Crippen MR) is 74.4 cm³/mol. The van der Waals surface area contributed by atoms with E-state index in [4.69, 9.17) is 4.52 Å². The van der Waals surface area contributed by atoms with Gasteiger partial charge >= 0.3 is 0 Å². The molecule has 0 aromatic carbocycles. The van der Waals surface area contributed by atoms with Gasteiger partial charge in [0.05, 0.1) is 11.4 Å². The lowest BCUT2D eigenvalue weighted by Crippen LogP contribution is -2.27. The van der Waals surface area contributed by atoms with Crippen LogP contribution < -0.4 is 10.0 Å². The van der Waals surface area contributed by atoms with Crippen molar-refractivity contribution in [1.29, 1.82) is 0 Å². The van der Waals surface area contributed by atoms with Crippen LogP contribution in [0.15, 0.2) is 4.52 Å². The molecule has 6 nitrogen and oxygen atoms in total. The Bertz CT molecular complexity index is 463. The smallest absolute Gasteiger partial charge is 0.211 e. The highest BCUT2D eigenvalue weighted by Crippen LogP contribution is 2.12. The van der Waals surface area contributed by atoms with Crippen LogP contribution in [0.5, 0.6) is 0 Å². The van der Waals surface area contributed by atoms with E-state index in [1.54, 1.807) is 13.8 Å². The number of unbranched alkanes of at least 4 members (excludes halogenated alkanes) is 1. The molecule has 0 atom stereocenters. The van der Waals surface area contributed by atoms with Gasteiger partial charge in [0.25, 0.3) is 0 Å². The number of hydrogen-bond donors (Lipinski definition) is 2. The van der Waals surface area contributed by atoms with E-state index in [1.807, 2.05) is 6.92 Å². The van der Waals surface area contributed by atoms with E-state index in [9.17, 15) is 8.42 Å². The molecule has 0 radical (unpaired) electrons. The third kappa shape index (κ3) is 5.71. The summed E-state index contributed by atoms with van der Waals surface area (Å²) in [6.45, 7) is 7.63. The van der Waals surface area contributed by atoms with Crippen LogP contribution in [-0.4, -0.2) is 32.4 Å². The number of nitrogens with zero attached hydrogens (tertiary/aromatic N) is 1. The van der Waals surface area contributed by atoms with Gasteiger partial charge in [-0.3, -0.25) is 0 Å². The molecule has 0 aliphatic heterocycles. The summed E-state index contributed by atoms with van der Waals surface area (Å²) in [7, 11) is -3.23.